The number of esters is 2. The van der Waals surface area contributed by atoms with E-state index in [-0.39, 0.29) is 12.8 Å². The fraction of sp³-hybridized carbons (Fsp3) is 0.814. The summed E-state index contributed by atoms with van der Waals surface area (Å²) < 4.78 is 32.5. The molecule has 0 amide bonds. The molecule has 3 unspecified atom stereocenters. The highest BCUT2D eigenvalue weighted by molar-refractivity contribution is 7.47. The van der Waals surface area contributed by atoms with Crippen molar-refractivity contribution in [3.8, 4) is 0 Å². The molecule has 0 radical (unpaired) electrons. The number of hydrogen-bond acceptors (Lipinski definition) is 9. The lowest BCUT2D eigenvalue weighted by molar-refractivity contribution is -0.153. The molecule has 0 saturated carbocycles. The number of hydrogen-bond donors (Lipinski definition) is 3. The average Bonchev–Trinajstić information content (AvgIpc) is 3.16. The van der Waals surface area contributed by atoms with Crippen LogP contribution < -0.4 is 0 Å². The first kappa shape index (κ1) is 52.2. The van der Waals surface area contributed by atoms with Crippen molar-refractivity contribution in [2.45, 2.75) is 199 Å². The summed E-state index contributed by atoms with van der Waals surface area (Å²) in [7, 11) is -4.64. The average molecular weight is 787 g/mol. The number of carbonyl (C=O) groups is 2. The first-order chi connectivity index (χ1) is 26.3. The van der Waals surface area contributed by atoms with Crippen molar-refractivity contribution in [1.29, 1.82) is 0 Å². The van der Waals surface area contributed by atoms with Gasteiger partial charge < -0.3 is 24.6 Å². The predicted octanol–water partition coefficient (Wildman–Crippen LogP) is 11.2. The number of unbranched alkanes of at least 4 members (excludes halogenated alkanes) is 20. The van der Waals surface area contributed by atoms with Crippen molar-refractivity contribution in [3.63, 3.8) is 0 Å². The summed E-state index contributed by atoms with van der Waals surface area (Å²) >= 11 is 0. The predicted molar refractivity (Wildman–Crippen MR) is 219 cm³/mol. The van der Waals surface area contributed by atoms with Crippen LogP contribution in [0, 0.1) is 0 Å². The van der Waals surface area contributed by atoms with Gasteiger partial charge in [0.25, 0.3) is 0 Å². The molecule has 3 N–H and O–H groups in total. The quantitative estimate of drug-likeness (QED) is 0.0237. The Labute approximate surface area is 329 Å². The Morgan fingerprint density at radius 1 is 0.500 bits per heavy atom. The summed E-state index contributed by atoms with van der Waals surface area (Å²) in [5, 5.41) is 19.1. The molecule has 0 aliphatic carbocycles. The third kappa shape index (κ3) is 37.1. The van der Waals surface area contributed by atoms with E-state index in [1.54, 1.807) is 0 Å². The maximum Gasteiger partial charge on any atom is 0.472 e. The second-order valence-corrected chi connectivity index (χ2v) is 15.8. The minimum Gasteiger partial charge on any atom is -0.457 e. The molecule has 316 valence electrons. The van der Waals surface area contributed by atoms with E-state index in [0.717, 1.165) is 70.6 Å². The number of allylic oxidation sites excluding steroid dienone is 6. The molecule has 0 fully saturated rings. The second-order valence-electron chi connectivity index (χ2n) is 14.3. The van der Waals surface area contributed by atoms with Crippen LogP contribution in [0.3, 0.4) is 0 Å². The van der Waals surface area contributed by atoms with Gasteiger partial charge in [-0.05, 0) is 70.6 Å². The zero-order valence-electron chi connectivity index (χ0n) is 34.2. The lowest BCUT2D eigenvalue weighted by atomic mass is 10.1. The summed E-state index contributed by atoms with van der Waals surface area (Å²) in [5.41, 5.74) is 0. The summed E-state index contributed by atoms with van der Waals surface area (Å²) in [6.45, 7) is 2.16. The molecule has 0 aliphatic rings. The van der Waals surface area contributed by atoms with Gasteiger partial charge in [-0.15, -0.1) is 0 Å². The molecular formula is C43H79O10P. The van der Waals surface area contributed by atoms with E-state index in [4.69, 9.17) is 18.5 Å². The molecule has 10 nitrogen and oxygen atoms in total. The molecule has 0 aliphatic heterocycles. The number of phosphoric ester groups is 1. The molecule has 0 aromatic carbocycles. The minimum absolute atomic E-state index is 0.182. The Bertz CT molecular complexity index is 999. The van der Waals surface area contributed by atoms with Crippen LogP contribution in [-0.2, 0) is 32.7 Å². The van der Waals surface area contributed by atoms with E-state index < -0.39 is 58.4 Å². The Kier molecular flexibility index (Phi) is 38.1. The number of ether oxygens (including phenoxy) is 2. The maximum absolute atomic E-state index is 12.3. The number of phosphoric acid groups is 1. The van der Waals surface area contributed by atoms with Crippen LogP contribution in [0.5, 0.6) is 0 Å². The van der Waals surface area contributed by atoms with Crippen molar-refractivity contribution >= 4 is 19.8 Å². The van der Waals surface area contributed by atoms with Crippen molar-refractivity contribution in [3.05, 3.63) is 36.5 Å². The molecule has 0 saturated heterocycles. The van der Waals surface area contributed by atoms with Gasteiger partial charge >= 0.3 is 19.8 Å². The number of aliphatic hydroxyl groups is 2. The molecule has 0 bridgehead atoms. The van der Waals surface area contributed by atoms with E-state index >= 15 is 0 Å². The second kappa shape index (κ2) is 39.4. The number of aliphatic hydroxyl groups excluding tert-OH is 2. The molecule has 0 rings (SSSR count). The van der Waals surface area contributed by atoms with Gasteiger partial charge in [-0.1, -0.05) is 140 Å². The summed E-state index contributed by atoms with van der Waals surface area (Å²) in [6.07, 6.45) is 39.7. The topological polar surface area (TPSA) is 149 Å². The van der Waals surface area contributed by atoms with Gasteiger partial charge in [0.05, 0.1) is 26.4 Å². The molecule has 11 heteroatoms. The highest BCUT2D eigenvalue weighted by Crippen LogP contribution is 2.43. The molecule has 3 atom stereocenters. The van der Waals surface area contributed by atoms with E-state index in [2.05, 4.69) is 50.3 Å². The van der Waals surface area contributed by atoms with Gasteiger partial charge in [-0.25, -0.2) is 4.57 Å². The van der Waals surface area contributed by atoms with E-state index in [0.29, 0.717) is 12.8 Å². The van der Waals surface area contributed by atoms with Gasteiger partial charge in [0, 0.05) is 12.8 Å². The lowest BCUT2D eigenvalue weighted by Gasteiger charge is -2.20. The lowest BCUT2D eigenvalue weighted by Crippen LogP contribution is -2.28. The van der Waals surface area contributed by atoms with Crippen LogP contribution in [0.2, 0.25) is 0 Å². The van der Waals surface area contributed by atoms with Crippen LogP contribution in [0.1, 0.15) is 187 Å². The van der Waals surface area contributed by atoms with Gasteiger partial charge in [-0.3, -0.25) is 18.6 Å². The Hall–Kier alpha value is -1.81. The summed E-state index contributed by atoms with van der Waals surface area (Å²) in [4.78, 5) is 34.5. The van der Waals surface area contributed by atoms with Gasteiger partial charge in [0.15, 0.2) is 0 Å². The number of carbonyl (C=O) groups excluding carboxylic acids is 2. The van der Waals surface area contributed by atoms with Crippen LogP contribution in [-0.4, -0.2) is 65.7 Å². The number of rotatable bonds is 40. The molecule has 0 heterocycles. The van der Waals surface area contributed by atoms with E-state index in [1.807, 2.05) is 0 Å². The van der Waals surface area contributed by atoms with Crippen molar-refractivity contribution in [1.82, 2.24) is 0 Å². The highest BCUT2D eigenvalue weighted by atomic mass is 31.2. The van der Waals surface area contributed by atoms with Crippen molar-refractivity contribution in [2.24, 2.45) is 0 Å². The third-order valence-electron chi connectivity index (χ3n) is 9.07. The Morgan fingerprint density at radius 2 is 0.815 bits per heavy atom. The fourth-order valence-corrected chi connectivity index (χ4v) is 6.51. The van der Waals surface area contributed by atoms with Crippen LogP contribution in [0.25, 0.3) is 0 Å². The smallest absolute Gasteiger partial charge is 0.457 e. The monoisotopic (exact) mass is 787 g/mol. The van der Waals surface area contributed by atoms with Gasteiger partial charge in [-0.2, -0.15) is 0 Å². The highest BCUT2D eigenvalue weighted by Gasteiger charge is 2.27. The van der Waals surface area contributed by atoms with Crippen molar-refractivity contribution in [2.75, 3.05) is 26.4 Å². The maximum atomic E-state index is 12.3. The standard InChI is InChI=1S/C43H79O10P/c1-3-5-7-9-11-13-15-17-18-19-20-21-23-25-27-29-31-33-35-43(47)53-41(37-45)39-51-54(48,49)50-38-40(36-44)52-42(46)34-32-30-28-26-24-22-16-14-12-10-8-6-4-2/h13-16,18-19,40-41,44-45H,3-12,17,20-39H2,1-2H3,(H,48,49)/b15-13-,16-14-,19-18-. The normalized spacial score (nSPS) is 14.2. The molecule has 0 aromatic heterocycles. The van der Waals surface area contributed by atoms with E-state index in [1.165, 1.54) is 77.0 Å². The zero-order chi connectivity index (χ0) is 39.8. The van der Waals surface area contributed by atoms with Crippen LogP contribution in [0.15, 0.2) is 36.5 Å². The Balaban J connectivity index is 3.94. The molecule has 0 spiro atoms. The Morgan fingerprint density at radius 3 is 1.17 bits per heavy atom. The third-order valence-corrected chi connectivity index (χ3v) is 10.0. The summed E-state index contributed by atoms with van der Waals surface area (Å²) in [6, 6.07) is 0. The minimum atomic E-state index is -4.64. The van der Waals surface area contributed by atoms with Gasteiger partial charge in [0.2, 0.25) is 0 Å². The van der Waals surface area contributed by atoms with Crippen LogP contribution >= 0.6 is 7.82 Å². The fourth-order valence-electron chi connectivity index (χ4n) is 5.73. The summed E-state index contributed by atoms with van der Waals surface area (Å²) in [5.74, 6) is -1.03. The first-order valence-electron chi connectivity index (χ1n) is 21.4. The zero-order valence-corrected chi connectivity index (χ0v) is 35.1. The molecule has 0 aromatic rings. The van der Waals surface area contributed by atoms with Crippen LogP contribution in [0.4, 0.5) is 0 Å². The molecular weight excluding hydrogens is 707 g/mol. The van der Waals surface area contributed by atoms with E-state index in [9.17, 15) is 29.3 Å². The SMILES string of the molecule is CCCCCC/C=C\C/C=C\CCCCCCCCCC(=O)OC(CO)COP(=O)(O)OCC(CO)OC(=O)CCCCCCC/C=C\CCCCCC. The van der Waals surface area contributed by atoms with Crippen molar-refractivity contribution < 1.29 is 47.8 Å². The first-order valence-corrected chi connectivity index (χ1v) is 22.9. The molecule has 54 heavy (non-hydrogen) atoms. The largest absolute Gasteiger partial charge is 0.472 e. The van der Waals surface area contributed by atoms with Gasteiger partial charge in [0.1, 0.15) is 12.2 Å².